The molecule has 1 aromatic rings. The number of rotatable bonds is 3. The molecular formula is C22H32Cl2OTi. The van der Waals surface area contributed by atoms with Crippen molar-refractivity contribution in [3.05, 3.63) is 51.1 Å². The van der Waals surface area contributed by atoms with Gasteiger partial charge in [-0.25, -0.2) is 0 Å². The van der Waals surface area contributed by atoms with E-state index in [0.29, 0.717) is 17.6 Å². The number of hydrogen-bond donors (Lipinski definition) is 1. The van der Waals surface area contributed by atoms with Crippen LogP contribution < -0.4 is 24.8 Å². The zero-order valence-corrected chi connectivity index (χ0v) is 20.6. The van der Waals surface area contributed by atoms with Crippen LogP contribution in [0.2, 0.25) is 0 Å². The quantitative estimate of drug-likeness (QED) is 0.695. The first-order valence-corrected chi connectivity index (χ1v) is 8.77. The van der Waals surface area contributed by atoms with E-state index in [1.165, 1.54) is 27.9 Å². The molecule has 0 spiro atoms. The molecule has 1 aliphatic rings. The minimum Gasteiger partial charge on any atom is -1.00 e. The van der Waals surface area contributed by atoms with Gasteiger partial charge in [-0.05, 0) is 68.7 Å². The molecule has 4 heteroatoms. The SMILES string of the molecule is CC1=C(C)C(C)(c2ccc(C(C)C)c(O)c2C(C)C)C(C)=C1C.[Cl-].[Cl-].[Ti+2]. The molecule has 1 nitrogen and oxygen atoms in total. The van der Waals surface area contributed by atoms with Gasteiger partial charge in [0, 0.05) is 11.0 Å². The Bertz CT molecular complexity index is 691. The third-order valence-electron chi connectivity index (χ3n) is 6.17. The standard InChI is InChI=1S/C22H32O.2ClH.Ti/c1-12(2)18-10-11-19(20(13(3)4)21(18)23)22(9)16(7)14(5)15(6)17(22)8;;;/h10-13,23H,1-9H3;2*1H;/q;;;+2/p-2. The van der Waals surface area contributed by atoms with Gasteiger partial charge in [-0.3, -0.25) is 0 Å². The van der Waals surface area contributed by atoms with Crippen LogP contribution >= 0.6 is 0 Å². The molecule has 144 valence electrons. The second-order valence-electron chi connectivity index (χ2n) is 7.90. The van der Waals surface area contributed by atoms with E-state index >= 15 is 0 Å². The van der Waals surface area contributed by atoms with Crippen LogP contribution in [-0.4, -0.2) is 5.11 Å². The van der Waals surface area contributed by atoms with Crippen molar-refractivity contribution in [2.45, 2.75) is 79.6 Å². The molecule has 1 aliphatic carbocycles. The first-order valence-electron chi connectivity index (χ1n) is 8.77. The number of aromatic hydroxyl groups is 1. The van der Waals surface area contributed by atoms with Crippen molar-refractivity contribution < 1.29 is 51.6 Å². The number of phenols is 1. The van der Waals surface area contributed by atoms with E-state index in [2.05, 4.69) is 74.4 Å². The molecule has 0 aromatic heterocycles. The summed E-state index contributed by atoms with van der Waals surface area (Å²) in [4.78, 5) is 0. The van der Waals surface area contributed by atoms with Crippen molar-refractivity contribution in [1.82, 2.24) is 0 Å². The van der Waals surface area contributed by atoms with Crippen molar-refractivity contribution >= 4 is 0 Å². The first-order chi connectivity index (χ1) is 10.5. The summed E-state index contributed by atoms with van der Waals surface area (Å²) in [5.74, 6) is 1.12. The Balaban J connectivity index is 0. The van der Waals surface area contributed by atoms with Crippen LogP contribution in [-0.2, 0) is 27.1 Å². The minimum absolute atomic E-state index is 0. The van der Waals surface area contributed by atoms with Gasteiger partial charge in [0.1, 0.15) is 5.75 Å². The second kappa shape index (κ2) is 9.83. The average Bonchev–Trinajstić information content (AvgIpc) is 2.62. The molecule has 0 unspecified atom stereocenters. The molecule has 2 rings (SSSR count). The van der Waals surface area contributed by atoms with E-state index in [-0.39, 0.29) is 51.9 Å². The van der Waals surface area contributed by atoms with Gasteiger partial charge in [-0.1, -0.05) is 51.0 Å². The number of phenolic OH excluding ortho intramolecular Hbond substituents is 1. The van der Waals surface area contributed by atoms with Crippen LogP contribution in [0.25, 0.3) is 0 Å². The van der Waals surface area contributed by atoms with Gasteiger partial charge in [0.05, 0.1) is 0 Å². The predicted molar refractivity (Wildman–Crippen MR) is 100 cm³/mol. The molecule has 0 fully saturated rings. The number of allylic oxidation sites excluding steroid dienone is 4. The van der Waals surface area contributed by atoms with E-state index in [9.17, 15) is 5.11 Å². The summed E-state index contributed by atoms with van der Waals surface area (Å²) >= 11 is 0. The average molecular weight is 431 g/mol. The van der Waals surface area contributed by atoms with Crippen LogP contribution in [0.5, 0.6) is 5.75 Å². The van der Waals surface area contributed by atoms with Crippen LogP contribution in [0, 0.1) is 0 Å². The maximum Gasteiger partial charge on any atom is 2.00 e. The van der Waals surface area contributed by atoms with Gasteiger partial charge < -0.3 is 29.9 Å². The normalized spacial score (nSPS) is 15.8. The molecule has 0 heterocycles. The van der Waals surface area contributed by atoms with Gasteiger partial charge in [0.15, 0.2) is 0 Å². The largest absolute Gasteiger partial charge is 2.00 e. The van der Waals surface area contributed by atoms with E-state index in [0.717, 1.165) is 11.1 Å². The molecule has 0 amide bonds. The molecule has 0 saturated carbocycles. The molecule has 0 saturated heterocycles. The molecular weight excluding hydrogens is 399 g/mol. The molecule has 0 aliphatic heterocycles. The van der Waals surface area contributed by atoms with Crippen molar-refractivity contribution in [2.75, 3.05) is 0 Å². The monoisotopic (exact) mass is 430 g/mol. The second-order valence-corrected chi connectivity index (χ2v) is 7.90. The van der Waals surface area contributed by atoms with E-state index in [1.807, 2.05) is 0 Å². The summed E-state index contributed by atoms with van der Waals surface area (Å²) in [6.45, 7) is 19.9. The summed E-state index contributed by atoms with van der Waals surface area (Å²) in [7, 11) is 0. The molecule has 1 N–H and O–H groups in total. The Morgan fingerprint density at radius 3 is 1.58 bits per heavy atom. The van der Waals surface area contributed by atoms with Crippen molar-refractivity contribution in [3.8, 4) is 5.75 Å². The zero-order chi connectivity index (χ0) is 17.7. The molecule has 0 atom stereocenters. The third kappa shape index (κ3) is 4.12. The van der Waals surface area contributed by atoms with Gasteiger partial charge in [0.25, 0.3) is 0 Å². The molecule has 1 aromatic carbocycles. The molecule has 0 bridgehead atoms. The van der Waals surface area contributed by atoms with Crippen LogP contribution in [0.15, 0.2) is 34.4 Å². The van der Waals surface area contributed by atoms with Gasteiger partial charge in [-0.2, -0.15) is 0 Å². The topological polar surface area (TPSA) is 20.2 Å². The van der Waals surface area contributed by atoms with Crippen LogP contribution in [0.1, 0.15) is 90.8 Å². The van der Waals surface area contributed by atoms with Crippen molar-refractivity contribution in [3.63, 3.8) is 0 Å². The summed E-state index contributed by atoms with van der Waals surface area (Å²) in [6.07, 6.45) is 0. The summed E-state index contributed by atoms with van der Waals surface area (Å²) in [5.41, 5.74) is 8.92. The number of halogens is 2. The van der Waals surface area contributed by atoms with E-state index < -0.39 is 0 Å². The Labute approximate surface area is 187 Å². The summed E-state index contributed by atoms with van der Waals surface area (Å²) in [5, 5.41) is 11.0. The predicted octanol–water partition coefficient (Wildman–Crippen LogP) is 0.589. The fourth-order valence-electron chi connectivity index (χ4n) is 4.11. The molecule has 26 heavy (non-hydrogen) atoms. The zero-order valence-electron chi connectivity index (χ0n) is 17.5. The van der Waals surface area contributed by atoms with Crippen molar-refractivity contribution in [2.24, 2.45) is 0 Å². The fourth-order valence-corrected chi connectivity index (χ4v) is 4.11. The summed E-state index contributed by atoms with van der Waals surface area (Å²) in [6, 6.07) is 4.37. The van der Waals surface area contributed by atoms with E-state index in [4.69, 9.17) is 0 Å². The third-order valence-corrected chi connectivity index (χ3v) is 6.17. The Morgan fingerprint density at radius 1 is 0.808 bits per heavy atom. The van der Waals surface area contributed by atoms with E-state index in [1.54, 1.807) is 0 Å². The Kier molecular flexibility index (Phi) is 10.6. The Hall–Kier alpha value is -0.206. The summed E-state index contributed by atoms with van der Waals surface area (Å²) < 4.78 is 0. The fraction of sp³-hybridized carbons (Fsp3) is 0.545. The van der Waals surface area contributed by atoms with Crippen LogP contribution in [0.3, 0.4) is 0 Å². The maximum atomic E-state index is 11.0. The van der Waals surface area contributed by atoms with Crippen LogP contribution in [0.4, 0.5) is 0 Å². The molecule has 0 radical (unpaired) electrons. The Morgan fingerprint density at radius 2 is 1.23 bits per heavy atom. The van der Waals surface area contributed by atoms with Crippen molar-refractivity contribution in [1.29, 1.82) is 0 Å². The smallest absolute Gasteiger partial charge is 1.00 e. The van der Waals surface area contributed by atoms with Gasteiger partial charge in [0.2, 0.25) is 0 Å². The maximum absolute atomic E-state index is 11.0. The number of benzene rings is 1. The van der Waals surface area contributed by atoms with Gasteiger partial charge >= 0.3 is 21.7 Å². The minimum atomic E-state index is -0.110. The first kappa shape index (κ1) is 28.0. The van der Waals surface area contributed by atoms with Gasteiger partial charge in [-0.15, -0.1) is 0 Å². The number of hydrogen-bond acceptors (Lipinski definition) is 1.